The van der Waals surface area contributed by atoms with Crippen molar-refractivity contribution in [3.63, 3.8) is 0 Å². The molecule has 2 heterocycles. The topological polar surface area (TPSA) is 88.5 Å². The third-order valence-electron chi connectivity index (χ3n) is 5.15. The molecule has 0 saturated carbocycles. The molecule has 1 aromatic heterocycles. The van der Waals surface area contributed by atoms with Crippen molar-refractivity contribution in [2.24, 2.45) is 13.0 Å². The van der Waals surface area contributed by atoms with Gasteiger partial charge in [-0.3, -0.25) is 9.59 Å². The molecule has 1 amide bonds. The van der Waals surface area contributed by atoms with Crippen molar-refractivity contribution in [2.75, 3.05) is 19.6 Å². The standard InChI is InChI=1S/C20H24ClN3O4S/c1-23-10-4-6-17(19(23)25)20(26)24-11-8-15(9-12-24)13-22-29(27,28)14-16-5-2-3-7-18(16)21/h2-7,10,15,22H,8-9,11-14H2,1H3. The van der Waals surface area contributed by atoms with Gasteiger partial charge in [0.25, 0.3) is 11.5 Å². The SMILES string of the molecule is Cn1cccc(C(=O)N2CCC(CNS(=O)(=O)Cc3ccccc3Cl)CC2)c1=O. The highest BCUT2D eigenvalue weighted by Gasteiger charge is 2.26. The molecule has 1 aliphatic rings. The van der Waals surface area contributed by atoms with Crippen LogP contribution < -0.4 is 10.3 Å². The maximum Gasteiger partial charge on any atom is 0.263 e. The Morgan fingerprint density at radius 1 is 1.17 bits per heavy atom. The second-order valence-corrected chi connectivity index (χ2v) is 9.49. The molecule has 7 nitrogen and oxygen atoms in total. The van der Waals surface area contributed by atoms with E-state index in [1.54, 1.807) is 54.5 Å². The van der Waals surface area contributed by atoms with Gasteiger partial charge in [0.15, 0.2) is 0 Å². The van der Waals surface area contributed by atoms with Crippen LogP contribution in [0.15, 0.2) is 47.4 Å². The van der Waals surface area contributed by atoms with Gasteiger partial charge in [0.2, 0.25) is 10.0 Å². The zero-order valence-electron chi connectivity index (χ0n) is 16.2. The molecular formula is C20H24ClN3O4S. The van der Waals surface area contributed by atoms with Crippen LogP contribution in [0.4, 0.5) is 0 Å². The molecule has 1 aromatic carbocycles. The zero-order valence-corrected chi connectivity index (χ0v) is 17.7. The highest BCUT2D eigenvalue weighted by Crippen LogP contribution is 2.20. The van der Waals surface area contributed by atoms with Crippen LogP contribution >= 0.6 is 11.6 Å². The van der Waals surface area contributed by atoms with Crippen molar-refractivity contribution in [1.29, 1.82) is 0 Å². The van der Waals surface area contributed by atoms with E-state index in [0.717, 1.165) is 0 Å². The van der Waals surface area contributed by atoms with Gasteiger partial charge in [-0.1, -0.05) is 29.8 Å². The van der Waals surface area contributed by atoms with Gasteiger partial charge >= 0.3 is 0 Å². The fourth-order valence-corrected chi connectivity index (χ4v) is 4.92. The highest BCUT2D eigenvalue weighted by molar-refractivity contribution is 7.88. The summed E-state index contributed by atoms with van der Waals surface area (Å²) in [5, 5.41) is 0.428. The Balaban J connectivity index is 1.52. The normalized spacial score (nSPS) is 15.4. The minimum Gasteiger partial charge on any atom is -0.338 e. The zero-order chi connectivity index (χ0) is 21.0. The van der Waals surface area contributed by atoms with Crippen LogP contribution in [0, 0.1) is 5.92 Å². The second kappa shape index (κ2) is 9.11. The van der Waals surface area contributed by atoms with Crippen molar-refractivity contribution in [2.45, 2.75) is 18.6 Å². The lowest BCUT2D eigenvalue weighted by molar-refractivity contribution is 0.0689. The molecule has 1 N–H and O–H groups in total. The number of aromatic nitrogens is 1. The van der Waals surface area contributed by atoms with E-state index in [4.69, 9.17) is 11.6 Å². The van der Waals surface area contributed by atoms with E-state index in [2.05, 4.69) is 4.72 Å². The third kappa shape index (κ3) is 5.46. The molecule has 1 saturated heterocycles. The van der Waals surface area contributed by atoms with Crippen molar-refractivity contribution in [1.82, 2.24) is 14.2 Å². The molecule has 9 heteroatoms. The Morgan fingerprint density at radius 3 is 2.55 bits per heavy atom. The number of hydrogen-bond acceptors (Lipinski definition) is 4. The van der Waals surface area contributed by atoms with Gasteiger partial charge in [-0.25, -0.2) is 13.1 Å². The summed E-state index contributed by atoms with van der Waals surface area (Å²) < 4.78 is 28.7. The summed E-state index contributed by atoms with van der Waals surface area (Å²) in [7, 11) is -1.89. The van der Waals surface area contributed by atoms with Crippen LogP contribution in [-0.2, 0) is 22.8 Å². The summed E-state index contributed by atoms with van der Waals surface area (Å²) in [6.07, 6.45) is 2.96. The molecule has 29 heavy (non-hydrogen) atoms. The fraction of sp³-hybridized carbons (Fsp3) is 0.400. The summed E-state index contributed by atoms with van der Waals surface area (Å²) >= 11 is 6.04. The van der Waals surface area contributed by atoms with Crippen LogP contribution in [0.25, 0.3) is 0 Å². The number of halogens is 1. The van der Waals surface area contributed by atoms with E-state index in [9.17, 15) is 18.0 Å². The summed E-state index contributed by atoms with van der Waals surface area (Å²) in [6, 6.07) is 10.1. The second-order valence-electron chi connectivity index (χ2n) is 7.27. The van der Waals surface area contributed by atoms with Gasteiger partial charge < -0.3 is 9.47 Å². The van der Waals surface area contributed by atoms with Gasteiger partial charge in [0, 0.05) is 37.9 Å². The molecule has 0 spiro atoms. The maximum atomic E-state index is 12.6. The molecule has 0 unspecified atom stereocenters. The number of hydrogen-bond donors (Lipinski definition) is 1. The Hall–Kier alpha value is -2.16. The Morgan fingerprint density at radius 2 is 1.86 bits per heavy atom. The lowest BCUT2D eigenvalue weighted by atomic mass is 9.97. The Kier molecular flexibility index (Phi) is 6.77. The molecule has 156 valence electrons. The fourth-order valence-electron chi connectivity index (χ4n) is 3.39. The van der Waals surface area contributed by atoms with Crippen molar-refractivity contribution in [3.8, 4) is 0 Å². The first-order valence-corrected chi connectivity index (χ1v) is 11.5. The number of sulfonamides is 1. The summed E-state index contributed by atoms with van der Waals surface area (Å²) in [4.78, 5) is 26.4. The lowest BCUT2D eigenvalue weighted by Crippen LogP contribution is -2.43. The number of piperidine rings is 1. The van der Waals surface area contributed by atoms with Crippen LogP contribution in [0.3, 0.4) is 0 Å². The number of carbonyl (C=O) groups excluding carboxylic acids is 1. The summed E-state index contributed by atoms with van der Waals surface area (Å²) in [5.41, 5.74) is 0.410. The molecule has 2 aromatic rings. The number of amides is 1. The van der Waals surface area contributed by atoms with E-state index < -0.39 is 10.0 Å². The molecule has 0 bridgehead atoms. The van der Waals surface area contributed by atoms with Crippen LogP contribution in [0.2, 0.25) is 5.02 Å². The number of rotatable bonds is 6. The van der Waals surface area contributed by atoms with Gasteiger partial charge in [-0.2, -0.15) is 0 Å². The van der Waals surface area contributed by atoms with E-state index in [-0.39, 0.29) is 28.7 Å². The van der Waals surface area contributed by atoms with Crippen molar-refractivity contribution in [3.05, 3.63) is 69.1 Å². The largest absolute Gasteiger partial charge is 0.338 e. The number of aryl methyl sites for hydroxylation is 1. The van der Waals surface area contributed by atoms with E-state index in [0.29, 0.717) is 43.1 Å². The Labute approximate surface area is 175 Å². The van der Waals surface area contributed by atoms with Crippen molar-refractivity contribution < 1.29 is 13.2 Å². The number of carbonyl (C=O) groups is 1. The first kappa shape index (κ1) is 21.5. The quantitative estimate of drug-likeness (QED) is 0.748. The summed E-state index contributed by atoms with van der Waals surface area (Å²) in [6.45, 7) is 1.31. The molecule has 1 fully saturated rings. The number of benzene rings is 1. The lowest BCUT2D eigenvalue weighted by Gasteiger charge is -2.32. The molecule has 0 atom stereocenters. The van der Waals surface area contributed by atoms with Crippen LogP contribution in [0.1, 0.15) is 28.8 Å². The smallest absolute Gasteiger partial charge is 0.263 e. The minimum atomic E-state index is -3.50. The Bertz CT molecular complexity index is 1040. The number of nitrogens with one attached hydrogen (secondary N) is 1. The van der Waals surface area contributed by atoms with Gasteiger partial charge in [0.1, 0.15) is 5.56 Å². The molecule has 0 aliphatic carbocycles. The molecule has 3 rings (SSSR count). The molecular weight excluding hydrogens is 414 g/mol. The average molecular weight is 438 g/mol. The number of nitrogens with zero attached hydrogens (tertiary/aromatic N) is 2. The highest BCUT2D eigenvalue weighted by atomic mass is 35.5. The first-order valence-electron chi connectivity index (χ1n) is 9.42. The predicted molar refractivity (Wildman–Crippen MR) is 112 cm³/mol. The summed E-state index contributed by atoms with van der Waals surface area (Å²) in [5.74, 6) is -0.302. The molecule has 0 radical (unpaired) electrons. The van der Waals surface area contributed by atoms with E-state index in [1.165, 1.54) is 4.57 Å². The average Bonchev–Trinajstić information content (AvgIpc) is 2.70. The van der Waals surface area contributed by atoms with Crippen LogP contribution in [0.5, 0.6) is 0 Å². The minimum absolute atomic E-state index is 0.138. The van der Waals surface area contributed by atoms with E-state index in [1.807, 2.05) is 0 Å². The predicted octanol–water partition coefficient (Wildman–Crippen LogP) is 2.01. The number of likely N-dealkylation sites (tertiary alicyclic amines) is 1. The van der Waals surface area contributed by atoms with Gasteiger partial charge in [-0.05, 0) is 42.5 Å². The first-order chi connectivity index (χ1) is 13.8. The third-order valence-corrected chi connectivity index (χ3v) is 6.82. The number of pyridine rings is 1. The monoisotopic (exact) mass is 437 g/mol. The van der Waals surface area contributed by atoms with Crippen LogP contribution in [-0.4, -0.2) is 43.4 Å². The maximum absolute atomic E-state index is 12.6. The van der Waals surface area contributed by atoms with Crippen molar-refractivity contribution >= 4 is 27.5 Å². The molecule has 1 aliphatic heterocycles. The van der Waals surface area contributed by atoms with Gasteiger partial charge in [-0.15, -0.1) is 0 Å². The van der Waals surface area contributed by atoms with Gasteiger partial charge in [0.05, 0.1) is 5.75 Å². The van der Waals surface area contributed by atoms with E-state index >= 15 is 0 Å².